The number of aliphatic imine (C=N–C) groups is 1. The van der Waals surface area contributed by atoms with E-state index in [4.69, 9.17) is 0 Å². The third-order valence-corrected chi connectivity index (χ3v) is 1.87. The molecule has 0 aliphatic carbocycles. The molecular weight excluding hydrogens is 193 g/mol. The van der Waals surface area contributed by atoms with Crippen molar-refractivity contribution >= 4 is 11.6 Å². The van der Waals surface area contributed by atoms with Crippen molar-refractivity contribution in [1.82, 2.24) is 9.80 Å². The number of hydrogen-bond donors (Lipinski definition) is 0. The summed E-state index contributed by atoms with van der Waals surface area (Å²) in [6.45, 7) is 0. The molecule has 4 heteroatoms. The van der Waals surface area contributed by atoms with Gasteiger partial charge in [-0.15, -0.1) is 0 Å². The molecule has 1 rings (SSSR count). The summed E-state index contributed by atoms with van der Waals surface area (Å²) in [6, 6.07) is 6.48. The van der Waals surface area contributed by atoms with Gasteiger partial charge in [-0.3, -0.25) is 0 Å². The van der Waals surface area contributed by atoms with Gasteiger partial charge >= 0.3 is 0 Å². The van der Waals surface area contributed by atoms with E-state index in [1.807, 2.05) is 38.0 Å². The van der Waals surface area contributed by atoms with Crippen molar-refractivity contribution in [3.63, 3.8) is 0 Å². The summed E-state index contributed by atoms with van der Waals surface area (Å²) in [5.74, 6) is 0.402. The fourth-order valence-corrected chi connectivity index (χ4v) is 1.25. The second-order valence-electron chi connectivity index (χ2n) is 3.65. The molecule has 1 aromatic rings. The number of benzene rings is 1. The molecule has 82 valence electrons. The van der Waals surface area contributed by atoms with E-state index in [0.717, 1.165) is 0 Å². The van der Waals surface area contributed by atoms with E-state index < -0.39 is 0 Å². The Hall–Kier alpha value is -1.58. The van der Waals surface area contributed by atoms with Gasteiger partial charge in [0, 0.05) is 28.2 Å². The van der Waals surface area contributed by atoms with E-state index in [1.54, 1.807) is 18.2 Å². The van der Waals surface area contributed by atoms with Crippen LogP contribution in [0.25, 0.3) is 0 Å². The van der Waals surface area contributed by atoms with Gasteiger partial charge in [0.25, 0.3) is 0 Å². The van der Waals surface area contributed by atoms with Crippen molar-refractivity contribution < 1.29 is 4.39 Å². The Balaban J connectivity index is 3.08. The summed E-state index contributed by atoms with van der Waals surface area (Å²) in [7, 11) is 7.50. The summed E-state index contributed by atoms with van der Waals surface area (Å²) in [4.78, 5) is 7.93. The van der Waals surface area contributed by atoms with Gasteiger partial charge in [-0.25, -0.2) is 9.38 Å². The third kappa shape index (κ3) is 2.94. The van der Waals surface area contributed by atoms with Crippen LogP contribution < -0.4 is 0 Å². The summed E-state index contributed by atoms with van der Waals surface area (Å²) in [5, 5.41) is 0. The molecule has 3 nitrogen and oxygen atoms in total. The second kappa shape index (κ2) is 4.77. The lowest BCUT2D eigenvalue weighted by Gasteiger charge is -2.22. The van der Waals surface area contributed by atoms with Gasteiger partial charge in [0.1, 0.15) is 11.5 Å². The number of rotatable bonds is 1. The highest BCUT2D eigenvalue weighted by Gasteiger charge is 2.06. The molecule has 0 bridgehead atoms. The van der Waals surface area contributed by atoms with Crippen LogP contribution in [-0.4, -0.2) is 44.0 Å². The SMILES string of the molecule is CN(C)C(=Nc1ccccc1F)N(C)C. The first-order valence-corrected chi connectivity index (χ1v) is 4.70. The summed E-state index contributed by atoms with van der Waals surface area (Å²) >= 11 is 0. The Morgan fingerprint density at radius 2 is 1.60 bits per heavy atom. The van der Waals surface area contributed by atoms with Gasteiger partial charge in [0.05, 0.1) is 0 Å². The molecule has 1 aromatic carbocycles. The van der Waals surface area contributed by atoms with E-state index in [1.165, 1.54) is 6.07 Å². The van der Waals surface area contributed by atoms with Gasteiger partial charge in [-0.05, 0) is 12.1 Å². The van der Waals surface area contributed by atoms with Gasteiger partial charge in [-0.2, -0.15) is 0 Å². The first kappa shape index (κ1) is 11.5. The number of halogens is 1. The Kier molecular flexibility index (Phi) is 3.66. The van der Waals surface area contributed by atoms with E-state index in [2.05, 4.69) is 4.99 Å². The second-order valence-corrected chi connectivity index (χ2v) is 3.65. The minimum absolute atomic E-state index is 0.307. The zero-order chi connectivity index (χ0) is 11.4. The minimum atomic E-state index is -0.307. The van der Waals surface area contributed by atoms with Crippen LogP contribution in [0.2, 0.25) is 0 Å². The number of nitrogens with zero attached hydrogens (tertiary/aromatic N) is 3. The normalized spacial score (nSPS) is 9.67. The van der Waals surface area contributed by atoms with Crippen molar-refractivity contribution in [3.8, 4) is 0 Å². The van der Waals surface area contributed by atoms with E-state index in [9.17, 15) is 4.39 Å². The van der Waals surface area contributed by atoms with Crippen molar-refractivity contribution in [3.05, 3.63) is 30.1 Å². The van der Waals surface area contributed by atoms with Crippen molar-refractivity contribution in [2.24, 2.45) is 4.99 Å². The van der Waals surface area contributed by atoms with Crippen LogP contribution in [0.15, 0.2) is 29.3 Å². The molecule has 0 fully saturated rings. The minimum Gasteiger partial charge on any atom is -0.349 e. The van der Waals surface area contributed by atoms with Crippen LogP contribution in [0, 0.1) is 5.82 Å². The molecule has 0 radical (unpaired) electrons. The van der Waals surface area contributed by atoms with Crippen molar-refractivity contribution in [2.45, 2.75) is 0 Å². The molecule has 15 heavy (non-hydrogen) atoms. The maximum Gasteiger partial charge on any atom is 0.200 e. The average molecular weight is 209 g/mol. The Bertz CT molecular complexity index is 349. The monoisotopic (exact) mass is 209 g/mol. The topological polar surface area (TPSA) is 18.8 Å². The molecule has 0 aliphatic rings. The van der Waals surface area contributed by atoms with E-state index in [0.29, 0.717) is 11.6 Å². The Morgan fingerprint density at radius 1 is 1.07 bits per heavy atom. The van der Waals surface area contributed by atoms with Crippen LogP contribution in [0.5, 0.6) is 0 Å². The average Bonchev–Trinajstić information content (AvgIpc) is 2.15. The summed E-state index contributed by atoms with van der Waals surface area (Å²) < 4.78 is 13.3. The van der Waals surface area contributed by atoms with Gasteiger partial charge in [0.2, 0.25) is 5.96 Å². The predicted molar refractivity (Wildman–Crippen MR) is 60.9 cm³/mol. The molecule has 0 atom stereocenters. The molecule has 0 heterocycles. The highest BCUT2D eigenvalue weighted by molar-refractivity contribution is 5.82. The molecule has 0 saturated carbocycles. The molecule has 0 unspecified atom stereocenters. The molecule has 0 N–H and O–H groups in total. The fraction of sp³-hybridized carbons (Fsp3) is 0.364. The Morgan fingerprint density at radius 3 is 2.07 bits per heavy atom. The first-order valence-electron chi connectivity index (χ1n) is 4.70. The van der Waals surface area contributed by atoms with E-state index in [-0.39, 0.29) is 5.82 Å². The quantitative estimate of drug-likeness (QED) is 0.520. The maximum atomic E-state index is 13.3. The standard InChI is InChI=1S/C11H16FN3/c1-14(2)11(15(3)4)13-10-8-6-5-7-9(10)12/h5-8H,1-4H3. The molecular formula is C11H16FN3. The van der Waals surface area contributed by atoms with E-state index >= 15 is 0 Å². The first-order chi connectivity index (χ1) is 7.02. The molecule has 0 saturated heterocycles. The number of para-hydroxylation sites is 1. The van der Waals surface area contributed by atoms with Crippen LogP contribution in [0.1, 0.15) is 0 Å². The molecule has 0 amide bonds. The van der Waals surface area contributed by atoms with Crippen molar-refractivity contribution in [2.75, 3.05) is 28.2 Å². The van der Waals surface area contributed by atoms with Crippen molar-refractivity contribution in [1.29, 1.82) is 0 Å². The number of guanidine groups is 1. The van der Waals surface area contributed by atoms with Gasteiger partial charge in [0.15, 0.2) is 0 Å². The smallest absolute Gasteiger partial charge is 0.200 e. The zero-order valence-corrected chi connectivity index (χ0v) is 9.53. The van der Waals surface area contributed by atoms with Crippen LogP contribution in [0.4, 0.5) is 10.1 Å². The third-order valence-electron chi connectivity index (χ3n) is 1.87. The lowest BCUT2D eigenvalue weighted by molar-refractivity contribution is 0.483. The van der Waals surface area contributed by atoms with Gasteiger partial charge < -0.3 is 9.80 Å². The largest absolute Gasteiger partial charge is 0.349 e. The fourth-order valence-electron chi connectivity index (χ4n) is 1.25. The lowest BCUT2D eigenvalue weighted by Crippen LogP contribution is -2.35. The predicted octanol–water partition coefficient (Wildman–Crippen LogP) is 1.94. The number of hydrogen-bond acceptors (Lipinski definition) is 1. The summed E-state index contributed by atoms with van der Waals surface area (Å²) in [6.07, 6.45) is 0. The van der Waals surface area contributed by atoms with Crippen LogP contribution >= 0.6 is 0 Å². The highest BCUT2D eigenvalue weighted by atomic mass is 19.1. The van der Waals surface area contributed by atoms with Crippen LogP contribution in [-0.2, 0) is 0 Å². The highest BCUT2D eigenvalue weighted by Crippen LogP contribution is 2.17. The lowest BCUT2D eigenvalue weighted by atomic mass is 10.3. The molecule has 0 aliphatic heterocycles. The summed E-state index contributed by atoms with van der Waals surface area (Å²) in [5.41, 5.74) is 0.356. The molecule has 0 aromatic heterocycles. The maximum absolute atomic E-state index is 13.3. The van der Waals surface area contributed by atoms with Crippen LogP contribution in [0.3, 0.4) is 0 Å². The zero-order valence-electron chi connectivity index (χ0n) is 9.53. The Labute approximate surface area is 89.8 Å². The molecule has 0 spiro atoms. The van der Waals surface area contributed by atoms with Gasteiger partial charge in [-0.1, -0.05) is 12.1 Å².